The summed E-state index contributed by atoms with van der Waals surface area (Å²) in [4.78, 5) is 2.37. The Labute approximate surface area is 195 Å². The molecule has 0 atom stereocenters. The van der Waals surface area contributed by atoms with Gasteiger partial charge in [-0.25, -0.2) is 4.39 Å². The summed E-state index contributed by atoms with van der Waals surface area (Å²) in [6.45, 7) is 17.6. The smallest absolute Gasteiger partial charge is 0.126 e. The van der Waals surface area contributed by atoms with Crippen LogP contribution >= 0.6 is 0 Å². The van der Waals surface area contributed by atoms with E-state index in [1.807, 2.05) is 31.2 Å². The average molecular weight is 452 g/mol. The molecule has 0 bridgehead atoms. The number of rotatable bonds is 9. The molecular formula is C28H38FNOSi. The topological polar surface area (TPSA) is 12.5 Å². The first-order valence-electron chi connectivity index (χ1n) is 11.4. The highest BCUT2D eigenvalue weighted by Crippen LogP contribution is 2.17. The Balaban J connectivity index is 1.97. The molecule has 0 aliphatic heterocycles. The lowest BCUT2D eigenvalue weighted by atomic mass is 9.98. The number of benzene rings is 2. The molecule has 0 fully saturated rings. The summed E-state index contributed by atoms with van der Waals surface area (Å²) >= 11 is 0. The largest absolute Gasteiger partial charge is 0.497 e. The highest BCUT2D eigenvalue weighted by atomic mass is 28.3. The molecule has 0 amide bonds. The maximum Gasteiger partial charge on any atom is 0.126 e. The van der Waals surface area contributed by atoms with Gasteiger partial charge in [-0.1, -0.05) is 67.4 Å². The van der Waals surface area contributed by atoms with Crippen molar-refractivity contribution in [2.45, 2.75) is 54.3 Å². The quantitative estimate of drug-likeness (QED) is 0.338. The van der Waals surface area contributed by atoms with Gasteiger partial charge in [-0.2, -0.15) is 0 Å². The summed E-state index contributed by atoms with van der Waals surface area (Å²) in [5.41, 5.74) is 1.96. The summed E-state index contributed by atoms with van der Waals surface area (Å²) in [5.74, 6) is 7.11. The molecule has 0 heterocycles. The third-order valence-corrected chi connectivity index (χ3v) is 8.04. The van der Waals surface area contributed by atoms with Crippen LogP contribution in [-0.4, -0.2) is 32.3 Å². The number of likely N-dealkylation sites (N-methyl/N-ethyl adjacent to an activating group) is 1. The van der Waals surface area contributed by atoms with Gasteiger partial charge in [-0.05, 0) is 69.6 Å². The fraction of sp³-hybridized carbons (Fsp3) is 0.429. The van der Waals surface area contributed by atoms with Gasteiger partial charge in [0, 0.05) is 18.5 Å². The van der Waals surface area contributed by atoms with Crippen LogP contribution in [0.2, 0.25) is 13.1 Å². The van der Waals surface area contributed by atoms with Crippen molar-refractivity contribution in [3.05, 3.63) is 71.6 Å². The molecule has 0 aromatic heterocycles. The van der Waals surface area contributed by atoms with Crippen molar-refractivity contribution in [2.24, 2.45) is 5.41 Å². The maximum atomic E-state index is 13.6. The number of aryl methyl sites for hydroxylation is 1. The third-order valence-electron chi connectivity index (χ3n) is 5.30. The second-order valence-electron chi connectivity index (χ2n) is 10.0. The van der Waals surface area contributed by atoms with Crippen LogP contribution in [0.3, 0.4) is 0 Å². The van der Waals surface area contributed by atoms with Crippen molar-refractivity contribution >= 4 is 13.3 Å². The number of hydrogen-bond donors (Lipinski definition) is 0. The fourth-order valence-corrected chi connectivity index (χ4v) is 5.06. The molecule has 0 N–H and O–H groups in total. The van der Waals surface area contributed by atoms with Gasteiger partial charge in [0.2, 0.25) is 0 Å². The Bertz CT molecular complexity index is 979. The lowest BCUT2D eigenvalue weighted by molar-refractivity contribution is 0.310. The summed E-state index contributed by atoms with van der Waals surface area (Å²) in [6.07, 6.45) is 4.74. The molecule has 2 aromatic carbocycles. The van der Waals surface area contributed by atoms with E-state index in [2.05, 4.69) is 81.8 Å². The first kappa shape index (κ1) is 25.9. The van der Waals surface area contributed by atoms with Gasteiger partial charge in [-0.15, -0.1) is 0 Å². The molecule has 2 nitrogen and oxygen atoms in total. The van der Waals surface area contributed by atoms with E-state index in [4.69, 9.17) is 4.74 Å². The predicted molar refractivity (Wildman–Crippen MR) is 138 cm³/mol. The van der Waals surface area contributed by atoms with E-state index in [0.29, 0.717) is 11.8 Å². The highest BCUT2D eigenvalue weighted by molar-refractivity contribution is 6.89. The lowest BCUT2D eigenvalue weighted by Crippen LogP contribution is -2.47. The van der Waals surface area contributed by atoms with Gasteiger partial charge >= 0.3 is 0 Å². The molecule has 4 heteroatoms. The van der Waals surface area contributed by atoms with Crippen LogP contribution in [0.4, 0.5) is 4.39 Å². The normalized spacial score (nSPS) is 12.2. The molecule has 32 heavy (non-hydrogen) atoms. The van der Waals surface area contributed by atoms with Gasteiger partial charge in [0.25, 0.3) is 0 Å². The first-order chi connectivity index (χ1) is 15.0. The SMILES string of the molecule is CCN(C/C=C/C#CC(C)(C)C)Cc1cccc(OC[Si](C)(C)c2ccc(F)c(C)c2)c1. The number of hydrogen-bond acceptors (Lipinski definition) is 2. The number of allylic oxidation sites excluding steroid dienone is 1. The minimum Gasteiger partial charge on any atom is -0.497 e. The van der Waals surface area contributed by atoms with E-state index in [1.165, 1.54) is 10.8 Å². The Hall–Kier alpha value is -2.35. The summed E-state index contributed by atoms with van der Waals surface area (Å²) in [5, 5.41) is 1.21. The molecule has 0 unspecified atom stereocenters. The standard InChI is InChI=1S/C28H38FNOSi/c1-8-30(18-11-9-10-17-28(3,4)5)21-24-13-12-14-25(20-24)31-22-32(6,7)26-15-16-27(29)23(2)19-26/h9,11-16,19-20H,8,18,21-22H2,1-7H3/b11-9+. The number of ether oxygens (including phenoxy) is 1. The Kier molecular flexibility index (Phi) is 9.30. The van der Waals surface area contributed by atoms with Crippen LogP contribution in [-0.2, 0) is 6.54 Å². The molecule has 0 aliphatic carbocycles. The molecule has 0 saturated carbocycles. The summed E-state index contributed by atoms with van der Waals surface area (Å²) in [6, 6.07) is 13.8. The van der Waals surface area contributed by atoms with Crippen molar-refractivity contribution in [3.8, 4) is 17.6 Å². The van der Waals surface area contributed by atoms with Crippen molar-refractivity contribution in [1.82, 2.24) is 4.90 Å². The fourth-order valence-electron chi connectivity index (χ4n) is 3.23. The maximum absolute atomic E-state index is 13.6. The zero-order valence-corrected chi connectivity index (χ0v) is 21.8. The van der Waals surface area contributed by atoms with E-state index in [9.17, 15) is 4.39 Å². The third kappa shape index (κ3) is 8.65. The molecule has 2 aromatic rings. The highest BCUT2D eigenvalue weighted by Gasteiger charge is 2.25. The molecule has 2 rings (SSSR count). The van der Waals surface area contributed by atoms with E-state index in [0.717, 1.165) is 25.4 Å². The van der Waals surface area contributed by atoms with Crippen LogP contribution in [0, 0.1) is 30.0 Å². The lowest BCUT2D eigenvalue weighted by Gasteiger charge is -2.24. The second-order valence-corrected chi connectivity index (χ2v) is 14.7. The minimum absolute atomic E-state index is 0.0299. The molecule has 0 radical (unpaired) electrons. The first-order valence-corrected chi connectivity index (χ1v) is 14.6. The van der Waals surface area contributed by atoms with Crippen molar-refractivity contribution in [1.29, 1.82) is 0 Å². The van der Waals surface area contributed by atoms with Crippen LogP contribution in [0.5, 0.6) is 5.75 Å². The minimum atomic E-state index is -1.83. The van der Waals surface area contributed by atoms with Crippen LogP contribution in [0.25, 0.3) is 0 Å². The number of halogens is 1. The molecule has 0 saturated heterocycles. The monoisotopic (exact) mass is 451 g/mol. The van der Waals surface area contributed by atoms with E-state index < -0.39 is 8.07 Å². The zero-order chi connectivity index (χ0) is 23.8. The molecule has 172 valence electrons. The second kappa shape index (κ2) is 11.5. The Morgan fingerprint density at radius 1 is 1.12 bits per heavy atom. The van der Waals surface area contributed by atoms with E-state index in [1.54, 1.807) is 6.07 Å². The van der Waals surface area contributed by atoms with Crippen molar-refractivity contribution in [2.75, 3.05) is 19.3 Å². The van der Waals surface area contributed by atoms with Gasteiger partial charge in [0.05, 0.1) is 6.23 Å². The molecular weight excluding hydrogens is 413 g/mol. The van der Waals surface area contributed by atoms with Crippen LogP contribution in [0.15, 0.2) is 54.6 Å². The van der Waals surface area contributed by atoms with Crippen molar-refractivity contribution in [3.63, 3.8) is 0 Å². The van der Waals surface area contributed by atoms with Gasteiger partial charge < -0.3 is 4.74 Å². The Morgan fingerprint density at radius 2 is 1.88 bits per heavy atom. The molecule has 0 aliphatic rings. The van der Waals surface area contributed by atoms with Crippen LogP contribution < -0.4 is 9.92 Å². The predicted octanol–water partition coefficient (Wildman–Crippen LogP) is 6.10. The van der Waals surface area contributed by atoms with Crippen molar-refractivity contribution < 1.29 is 9.13 Å². The van der Waals surface area contributed by atoms with Gasteiger partial charge in [0.1, 0.15) is 19.6 Å². The van der Waals surface area contributed by atoms with Gasteiger partial charge in [0.15, 0.2) is 0 Å². The summed E-state index contributed by atoms with van der Waals surface area (Å²) in [7, 11) is -1.83. The summed E-state index contributed by atoms with van der Waals surface area (Å²) < 4.78 is 19.9. The molecule has 0 spiro atoms. The zero-order valence-electron chi connectivity index (χ0n) is 20.8. The van der Waals surface area contributed by atoms with Gasteiger partial charge in [-0.3, -0.25) is 4.90 Å². The van der Waals surface area contributed by atoms with Crippen LogP contribution in [0.1, 0.15) is 38.8 Å². The van der Waals surface area contributed by atoms with E-state index >= 15 is 0 Å². The number of nitrogens with zero attached hydrogens (tertiary/aromatic N) is 1. The Morgan fingerprint density at radius 3 is 2.53 bits per heavy atom. The average Bonchev–Trinajstić information content (AvgIpc) is 2.72. The van der Waals surface area contributed by atoms with E-state index in [-0.39, 0.29) is 11.2 Å².